The summed E-state index contributed by atoms with van der Waals surface area (Å²) in [7, 11) is 1.60. The largest absolute Gasteiger partial charge is 0.519 e. The molecule has 4 aromatic carbocycles. The molecule has 262 valence electrons. The van der Waals surface area contributed by atoms with Crippen molar-refractivity contribution >= 4 is 24.4 Å². The molecule has 0 heterocycles. The molecule has 4 aromatic rings. The molecule has 50 heavy (non-hydrogen) atoms. The smallest absolute Gasteiger partial charge is 0.497 e. The zero-order chi connectivity index (χ0) is 35.6. The lowest BCUT2D eigenvalue weighted by Crippen LogP contribution is -2.14. The SMILES string of the molecule is COc1ccc(CCOC(=O)OCCc2ccc(OC(=O)Oc3ccc(CCOC(=O)OCCc4ccc(OC(C)=O)cc4)cc3)cc2)cc1. The van der Waals surface area contributed by atoms with Crippen LogP contribution in [0.3, 0.4) is 0 Å². The first-order valence-electron chi connectivity index (χ1n) is 15.8. The minimum Gasteiger partial charge on any atom is -0.497 e. The van der Waals surface area contributed by atoms with Crippen LogP contribution in [0, 0.1) is 0 Å². The summed E-state index contributed by atoms with van der Waals surface area (Å²) >= 11 is 0. The summed E-state index contributed by atoms with van der Waals surface area (Å²) in [6, 6.07) is 27.8. The molecule has 0 saturated carbocycles. The molecule has 12 nitrogen and oxygen atoms in total. The van der Waals surface area contributed by atoms with Crippen LogP contribution >= 0.6 is 0 Å². The minimum absolute atomic E-state index is 0.107. The van der Waals surface area contributed by atoms with Crippen molar-refractivity contribution in [3.05, 3.63) is 119 Å². The average Bonchev–Trinajstić information content (AvgIpc) is 3.10. The Bertz CT molecular complexity index is 1670. The standard InChI is InChI=1S/C38H38O12/c1-27(39)48-33-13-5-29(6-14-33)20-24-45-37(41)47-26-22-31-9-17-35(18-10-31)50-38(42)49-34-15-7-30(8-16-34)21-25-46-36(40)44-23-19-28-3-11-32(43-2)12-4-28/h3-18H,19-26H2,1-2H3. The lowest BCUT2D eigenvalue weighted by molar-refractivity contribution is -0.131. The molecule has 0 spiro atoms. The number of carbonyl (C=O) groups excluding carboxylic acids is 4. The zero-order valence-corrected chi connectivity index (χ0v) is 27.8. The Labute approximate surface area is 289 Å². The van der Waals surface area contributed by atoms with Gasteiger partial charge >= 0.3 is 24.4 Å². The van der Waals surface area contributed by atoms with E-state index < -0.39 is 24.4 Å². The Hall–Kier alpha value is -6.04. The molecule has 0 aliphatic heterocycles. The van der Waals surface area contributed by atoms with Gasteiger partial charge < -0.3 is 37.9 Å². The predicted molar refractivity (Wildman–Crippen MR) is 180 cm³/mol. The lowest BCUT2D eigenvalue weighted by atomic mass is 10.1. The number of benzene rings is 4. The van der Waals surface area contributed by atoms with E-state index >= 15 is 0 Å². The second kappa shape index (κ2) is 19.7. The van der Waals surface area contributed by atoms with Gasteiger partial charge in [-0.1, -0.05) is 48.5 Å². The van der Waals surface area contributed by atoms with Crippen molar-refractivity contribution in [2.75, 3.05) is 33.5 Å². The number of hydrogen-bond donors (Lipinski definition) is 0. The van der Waals surface area contributed by atoms with Crippen LogP contribution in [-0.4, -0.2) is 58.0 Å². The number of methoxy groups -OCH3 is 1. The van der Waals surface area contributed by atoms with Crippen LogP contribution in [0.1, 0.15) is 29.2 Å². The van der Waals surface area contributed by atoms with Gasteiger partial charge in [0, 0.05) is 32.6 Å². The van der Waals surface area contributed by atoms with E-state index in [1.807, 2.05) is 24.3 Å². The van der Waals surface area contributed by atoms with Crippen LogP contribution in [0.15, 0.2) is 97.1 Å². The van der Waals surface area contributed by atoms with Gasteiger partial charge in [0.25, 0.3) is 0 Å². The fraction of sp³-hybridized carbons (Fsp3) is 0.263. The summed E-state index contributed by atoms with van der Waals surface area (Å²) in [6.07, 6.45) is -0.495. The van der Waals surface area contributed by atoms with Gasteiger partial charge in [-0.15, -0.1) is 0 Å². The third-order valence-electron chi connectivity index (χ3n) is 7.04. The average molecular weight is 687 g/mol. The lowest BCUT2D eigenvalue weighted by Gasteiger charge is -2.09. The van der Waals surface area contributed by atoms with E-state index in [4.69, 9.17) is 37.9 Å². The van der Waals surface area contributed by atoms with Crippen molar-refractivity contribution in [3.8, 4) is 23.0 Å². The second-order valence-corrected chi connectivity index (χ2v) is 10.7. The molecule has 0 aliphatic rings. The number of carbonyl (C=O) groups is 4. The van der Waals surface area contributed by atoms with Crippen molar-refractivity contribution in [2.45, 2.75) is 32.6 Å². The van der Waals surface area contributed by atoms with Crippen molar-refractivity contribution in [3.63, 3.8) is 0 Å². The van der Waals surface area contributed by atoms with E-state index in [0.29, 0.717) is 31.4 Å². The molecule has 0 saturated heterocycles. The summed E-state index contributed by atoms with van der Waals surface area (Å²) in [5.41, 5.74) is 3.65. The summed E-state index contributed by atoms with van der Waals surface area (Å²) in [5, 5.41) is 0. The van der Waals surface area contributed by atoms with Gasteiger partial charge in [-0.05, 0) is 70.8 Å². The van der Waals surface area contributed by atoms with E-state index in [-0.39, 0.29) is 37.9 Å². The second-order valence-electron chi connectivity index (χ2n) is 10.7. The van der Waals surface area contributed by atoms with Crippen LogP contribution in [0.5, 0.6) is 23.0 Å². The molecular weight excluding hydrogens is 648 g/mol. The highest BCUT2D eigenvalue weighted by molar-refractivity contribution is 5.69. The van der Waals surface area contributed by atoms with Crippen LogP contribution < -0.4 is 18.9 Å². The molecule has 12 heteroatoms. The van der Waals surface area contributed by atoms with Crippen LogP contribution in [-0.2, 0) is 49.4 Å². The Morgan fingerprint density at radius 3 is 0.960 bits per heavy atom. The fourth-order valence-corrected chi connectivity index (χ4v) is 4.44. The Morgan fingerprint density at radius 2 is 0.680 bits per heavy atom. The normalized spacial score (nSPS) is 10.4. The first kappa shape index (κ1) is 36.8. The third kappa shape index (κ3) is 13.6. The maximum Gasteiger partial charge on any atom is 0.519 e. The first-order chi connectivity index (χ1) is 24.2. The van der Waals surface area contributed by atoms with Gasteiger partial charge in [0.15, 0.2) is 0 Å². The van der Waals surface area contributed by atoms with Gasteiger partial charge in [0.05, 0.1) is 33.5 Å². The topological polar surface area (TPSA) is 142 Å². The molecule has 0 amide bonds. The zero-order valence-electron chi connectivity index (χ0n) is 27.8. The van der Waals surface area contributed by atoms with E-state index in [1.165, 1.54) is 6.92 Å². The van der Waals surface area contributed by atoms with E-state index in [0.717, 1.165) is 28.0 Å². The van der Waals surface area contributed by atoms with Gasteiger partial charge in [0.1, 0.15) is 23.0 Å². The third-order valence-corrected chi connectivity index (χ3v) is 7.04. The highest BCUT2D eigenvalue weighted by Crippen LogP contribution is 2.18. The summed E-state index contributed by atoms with van der Waals surface area (Å²) in [6.45, 7) is 1.91. The molecule has 0 aromatic heterocycles. The van der Waals surface area contributed by atoms with Crippen molar-refractivity contribution in [1.82, 2.24) is 0 Å². The molecule has 0 radical (unpaired) electrons. The summed E-state index contributed by atoms with van der Waals surface area (Å²) < 4.78 is 41.1. The first-order valence-corrected chi connectivity index (χ1v) is 15.8. The van der Waals surface area contributed by atoms with Crippen molar-refractivity contribution < 1.29 is 57.1 Å². The quantitative estimate of drug-likeness (QED) is 0.0676. The number of esters is 1. The van der Waals surface area contributed by atoms with Gasteiger partial charge in [0.2, 0.25) is 0 Å². The van der Waals surface area contributed by atoms with Crippen LogP contribution in [0.2, 0.25) is 0 Å². The molecule has 0 unspecified atom stereocenters. The molecule has 0 N–H and O–H groups in total. The van der Waals surface area contributed by atoms with Crippen molar-refractivity contribution in [2.24, 2.45) is 0 Å². The van der Waals surface area contributed by atoms with E-state index in [9.17, 15) is 19.2 Å². The predicted octanol–water partition coefficient (Wildman–Crippen LogP) is 7.08. The fourth-order valence-electron chi connectivity index (χ4n) is 4.44. The monoisotopic (exact) mass is 686 g/mol. The maximum absolute atomic E-state index is 12.3. The van der Waals surface area contributed by atoms with Crippen LogP contribution in [0.4, 0.5) is 14.4 Å². The molecule has 0 atom stereocenters. The Kier molecular flexibility index (Phi) is 14.5. The van der Waals surface area contributed by atoms with E-state index in [1.54, 1.807) is 79.9 Å². The maximum atomic E-state index is 12.3. The highest BCUT2D eigenvalue weighted by atomic mass is 16.7. The van der Waals surface area contributed by atoms with Crippen LogP contribution in [0.25, 0.3) is 0 Å². The molecule has 0 fully saturated rings. The molecular formula is C38H38O12. The van der Waals surface area contributed by atoms with Gasteiger partial charge in [-0.2, -0.15) is 0 Å². The van der Waals surface area contributed by atoms with Gasteiger partial charge in [-0.25, -0.2) is 14.4 Å². The number of rotatable bonds is 16. The minimum atomic E-state index is -0.905. The Balaban J connectivity index is 1.05. The number of hydrogen-bond acceptors (Lipinski definition) is 12. The molecule has 0 bridgehead atoms. The molecule has 4 rings (SSSR count). The summed E-state index contributed by atoms with van der Waals surface area (Å²) in [5.74, 6) is 1.38. The molecule has 0 aliphatic carbocycles. The number of ether oxygens (including phenoxy) is 8. The Morgan fingerprint density at radius 1 is 0.400 bits per heavy atom. The van der Waals surface area contributed by atoms with E-state index in [2.05, 4.69) is 0 Å². The summed E-state index contributed by atoms with van der Waals surface area (Å²) in [4.78, 5) is 47.0. The van der Waals surface area contributed by atoms with Crippen molar-refractivity contribution in [1.29, 1.82) is 0 Å². The highest BCUT2D eigenvalue weighted by Gasteiger charge is 2.10. The van der Waals surface area contributed by atoms with Gasteiger partial charge in [-0.3, -0.25) is 4.79 Å².